The zero-order chi connectivity index (χ0) is 19.5. The predicted octanol–water partition coefficient (Wildman–Crippen LogP) is 2.12. The highest BCUT2D eigenvalue weighted by molar-refractivity contribution is 7.80. The van der Waals surface area contributed by atoms with E-state index in [0.717, 1.165) is 12.3 Å². The summed E-state index contributed by atoms with van der Waals surface area (Å²) in [5, 5.41) is 11.9. The standard InChI is InChI=1S/C15H16ClF3N6S/c1-22-14(26)10(7-20)12(21)24-2-4-25(5-3-24)13-11(16)6-9(8-23-13)15(17,18)19/h6,8H,2-5,21H2,1H3,(H,22,26)/b12-10+. The number of halogens is 4. The summed E-state index contributed by atoms with van der Waals surface area (Å²) in [5.41, 5.74) is 5.32. The van der Waals surface area contributed by atoms with E-state index in [2.05, 4.69) is 10.3 Å². The Morgan fingerprint density at radius 1 is 1.38 bits per heavy atom. The Balaban J connectivity index is 2.13. The maximum atomic E-state index is 12.7. The molecular formula is C15H16ClF3N6S. The molecule has 0 unspecified atom stereocenters. The van der Waals surface area contributed by atoms with E-state index in [1.807, 2.05) is 6.07 Å². The minimum Gasteiger partial charge on any atom is -0.384 e. The third-order valence-electron chi connectivity index (χ3n) is 3.89. The zero-order valence-electron chi connectivity index (χ0n) is 13.8. The first-order valence-corrected chi connectivity index (χ1v) is 8.32. The predicted molar refractivity (Wildman–Crippen MR) is 96.5 cm³/mol. The fraction of sp³-hybridized carbons (Fsp3) is 0.400. The zero-order valence-corrected chi connectivity index (χ0v) is 15.3. The van der Waals surface area contributed by atoms with Crippen molar-refractivity contribution in [3.8, 4) is 6.07 Å². The van der Waals surface area contributed by atoms with Gasteiger partial charge in [0.2, 0.25) is 0 Å². The number of pyridine rings is 1. The minimum atomic E-state index is -4.49. The van der Waals surface area contributed by atoms with Crippen molar-refractivity contribution in [1.29, 1.82) is 5.26 Å². The summed E-state index contributed by atoms with van der Waals surface area (Å²) < 4.78 is 38.1. The summed E-state index contributed by atoms with van der Waals surface area (Å²) in [6, 6.07) is 2.84. The first-order chi connectivity index (χ1) is 12.2. The summed E-state index contributed by atoms with van der Waals surface area (Å²) in [6.07, 6.45) is -3.73. The SMILES string of the molecule is CNC(=S)/C(C#N)=C(\N)N1CCN(c2ncc(C(F)(F)F)cc2Cl)CC1. The lowest BCUT2D eigenvalue weighted by molar-refractivity contribution is -0.137. The van der Waals surface area contributed by atoms with Gasteiger partial charge in [0.25, 0.3) is 0 Å². The second-order valence-electron chi connectivity index (χ2n) is 5.45. The number of nitrogens with one attached hydrogen (secondary N) is 1. The van der Waals surface area contributed by atoms with Crippen LogP contribution in [0.4, 0.5) is 19.0 Å². The Labute approximate surface area is 159 Å². The van der Waals surface area contributed by atoms with E-state index in [0.29, 0.717) is 26.2 Å². The molecule has 0 radical (unpaired) electrons. The van der Waals surface area contributed by atoms with Gasteiger partial charge in [0.15, 0.2) is 0 Å². The van der Waals surface area contributed by atoms with E-state index >= 15 is 0 Å². The Morgan fingerprint density at radius 2 is 2.00 bits per heavy atom. The Kier molecular flexibility index (Phi) is 6.15. The second kappa shape index (κ2) is 7.97. The van der Waals surface area contributed by atoms with Crippen LogP contribution in [0, 0.1) is 11.3 Å². The molecule has 0 amide bonds. The molecule has 1 saturated heterocycles. The molecule has 11 heteroatoms. The highest BCUT2D eigenvalue weighted by atomic mass is 35.5. The number of likely N-dealkylation sites (N-methyl/N-ethyl adjacent to an activating group) is 1. The van der Waals surface area contributed by atoms with Crippen molar-refractivity contribution in [3.05, 3.63) is 34.2 Å². The van der Waals surface area contributed by atoms with Crippen LogP contribution in [0.25, 0.3) is 0 Å². The molecule has 0 aliphatic carbocycles. The average Bonchev–Trinajstić information content (AvgIpc) is 2.61. The van der Waals surface area contributed by atoms with Gasteiger partial charge in [-0.1, -0.05) is 23.8 Å². The fourth-order valence-electron chi connectivity index (χ4n) is 2.49. The lowest BCUT2D eigenvalue weighted by atomic mass is 10.2. The molecule has 2 heterocycles. The lowest BCUT2D eigenvalue weighted by Gasteiger charge is -2.37. The summed E-state index contributed by atoms with van der Waals surface area (Å²) in [5.74, 6) is 0.547. The van der Waals surface area contributed by atoms with Gasteiger partial charge in [-0.25, -0.2) is 4.98 Å². The maximum Gasteiger partial charge on any atom is 0.417 e. The summed E-state index contributed by atoms with van der Waals surface area (Å²) in [4.78, 5) is 7.67. The second-order valence-corrected chi connectivity index (χ2v) is 6.27. The number of alkyl halides is 3. The van der Waals surface area contributed by atoms with Gasteiger partial charge < -0.3 is 20.9 Å². The van der Waals surface area contributed by atoms with Crippen LogP contribution in [0.15, 0.2) is 23.7 Å². The Bertz CT molecular complexity index is 766. The maximum absolute atomic E-state index is 12.7. The van der Waals surface area contributed by atoms with Crippen LogP contribution in [0.2, 0.25) is 5.02 Å². The van der Waals surface area contributed by atoms with Gasteiger partial charge in [0, 0.05) is 39.4 Å². The van der Waals surface area contributed by atoms with Crippen LogP contribution in [0.3, 0.4) is 0 Å². The molecule has 2 rings (SSSR count). The molecular weight excluding hydrogens is 389 g/mol. The number of anilines is 1. The number of thiocarbonyl (C=S) groups is 1. The molecule has 0 spiro atoms. The highest BCUT2D eigenvalue weighted by Crippen LogP contribution is 2.33. The molecule has 1 aliphatic rings. The smallest absolute Gasteiger partial charge is 0.384 e. The van der Waals surface area contributed by atoms with Crippen LogP contribution >= 0.6 is 23.8 Å². The van der Waals surface area contributed by atoms with Crippen LogP contribution in [0.5, 0.6) is 0 Å². The molecule has 6 nitrogen and oxygen atoms in total. The van der Waals surface area contributed by atoms with Crippen molar-refractivity contribution in [2.45, 2.75) is 6.18 Å². The van der Waals surface area contributed by atoms with E-state index in [1.54, 1.807) is 16.8 Å². The van der Waals surface area contributed by atoms with Gasteiger partial charge in [0.1, 0.15) is 28.3 Å². The molecule has 0 bridgehead atoms. The minimum absolute atomic E-state index is 0.0640. The van der Waals surface area contributed by atoms with Crippen LogP contribution in [0.1, 0.15) is 5.56 Å². The molecule has 26 heavy (non-hydrogen) atoms. The van der Waals surface area contributed by atoms with Gasteiger partial charge >= 0.3 is 6.18 Å². The van der Waals surface area contributed by atoms with Crippen LogP contribution < -0.4 is 16.0 Å². The number of nitrogens with two attached hydrogens (primary N) is 1. The highest BCUT2D eigenvalue weighted by Gasteiger charge is 2.32. The van der Waals surface area contributed by atoms with Crippen LogP contribution in [-0.2, 0) is 6.18 Å². The Morgan fingerprint density at radius 3 is 2.46 bits per heavy atom. The van der Waals surface area contributed by atoms with Crippen molar-refractivity contribution >= 4 is 34.6 Å². The summed E-state index contributed by atoms with van der Waals surface area (Å²) >= 11 is 11.0. The summed E-state index contributed by atoms with van der Waals surface area (Å²) in [6.45, 7) is 1.76. The van der Waals surface area contributed by atoms with E-state index in [1.165, 1.54) is 0 Å². The van der Waals surface area contributed by atoms with Crippen molar-refractivity contribution < 1.29 is 13.2 Å². The fourth-order valence-corrected chi connectivity index (χ4v) is 2.92. The van der Waals surface area contributed by atoms with Gasteiger partial charge in [0.05, 0.1) is 10.6 Å². The van der Waals surface area contributed by atoms with Gasteiger partial charge in [-0.05, 0) is 6.07 Å². The number of hydrogen-bond donors (Lipinski definition) is 2. The molecule has 1 fully saturated rings. The molecule has 0 aromatic carbocycles. The quantitative estimate of drug-likeness (QED) is 0.453. The van der Waals surface area contributed by atoms with Crippen molar-refractivity contribution in [1.82, 2.24) is 15.2 Å². The van der Waals surface area contributed by atoms with Crippen molar-refractivity contribution in [3.63, 3.8) is 0 Å². The number of nitriles is 1. The molecule has 1 aliphatic heterocycles. The molecule has 0 saturated carbocycles. The van der Waals surface area contributed by atoms with Crippen molar-refractivity contribution in [2.24, 2.45) is 5.73 Å². The number of aromatic nitrogens is 1. The van der Waals surface area contributed by atoms with Gasteiger partial charge in [-0.15, -0.1) is 0 Å². The van der Waals surface area contributed by atoms with E-state index in [-0.39, 0.29) is 27.2 Å². The van der Waals surface area contributed by atoms with Gasteiger partial charge in [-0.2, -0.15) is 18.4 Å². The third kappa shape index (κ3) is 4.28. The first kappa shape index (κ1) is 20.1. The normalized spacial score (nSPS) is 16.0. The average molecular weight is 405 g/mol. The first-order valence-electron chi connectivity index (χ1n) is 7.53. The van der Waals surface area contributed by atoms with E-state index < -0.39 is 11.7 Å². The lowest BCUT2D eigenvalue weighted by Crippen LogP contribution is -2.48. The number of nitrogens with zero attached hydrogens (tertiary/aromatic N) is 4. The molecule has 0 atom stereocenters. The summed E-state index contributed by atoms with van der Waals surface area (Å²) in [7, 11) is 1.60. The molecule has 140 valence electrons. The van der Waals surface area contributed by atoms with Gasteiger partial charge in [-0.3, -0.25) is 0 Å². The topological polar surface area (TPSA) is 81.2 Å². The largest absolute Gasteiger partial charge is 0.417 e. The van der Waals surface area contributed by atoms with Crippen molar-refractivity contribution in [2.75, 3.05) is 38.1 Å². The molecule has 1 aromatic heterocycles. The number of rotatable bonds is 3. The monoisotopic (exact) mass is 404 g/mol. The van der Waals surface area contributed by atoms with Crippen LogP contribution in [-0.4, -0.2) is 48.1 Å². The number of piperazine rings is 1. The third-order valence-corrected chi connectivity index (χ3v) is 4.58. The Hall–Kier alpha value is -2.25. The van der Waals surface area contributed by atoms with E-state index in [4.69, 9.17) is 29.6 Å². The van der Waals surface area contributed by atoms with E-state index in [9.17, 15) is 18.4 Å². The number of hydrogen-bond acceptors (Lipinski definition) is 6. The molecule has 1 aromatic rings. The molecule has 3 N–H and O–H groups in total.